The van der Waals surface area contributed by atoms with E-state index < -0.39 is 58.6 Å². The van der Waals surface area contributed by atoms with Crippen molar-refractivity contribution in [3.63, 3.8) is 0 Å². The maximum atomic E-state index is 13.3. The van der Waals surface area contributed by atoms with Crippen LogP contribution in [0.15, 0.2) is 18.2 Å². The van der Waals surface area contributed by atoms with Crippen LogP contribution in [-0.2, 0) is 6.18 Å². The second kappa shape index (κ2) is 6.54. The normalized spacial score (nSPS) is 12.3. The molecule has 1 N–H and O–H groups in total. The van der Waals surface area contributed by atoms with E-state index in [-0.39, 0.29) is 0 Å². The molecule has 0 aliphatic rings. The number of hydrogen-bond acceptors (Lipinski definition) is 2. The van der Waals surface area contributed by atoms with Crippen LogP contribution in [0.4, 0.5) is 30.7 Å². The highest BCUT2D eigenvalue weighted by molar-refractivity contribution is 8.00. The van der Waals surface area contributed by atoms with Gasteiger partial charge in [-0.3, -0.25) is 4.79 Å². The Morgan fingerprint density at radius 1 is 1.14 bits per heavy atom. The molecule has 0 spiro atoms. The number of hydrogen-bond donors (Lipinski definition) is 1. The van der Waals surface area contributed by atoms with Gasteiger partial charge in [0.2, 0.25) is 0 Å². The van der Waals surface area contributed by atoms with E-state index in [4.69, 9.17) is 0 Å². The summed E-state index contributed by atoms with van der Waals surface area (Å²) in [4.78, 5) is 11.5. The second-order valence-corrected chi connectivity index (χ2v) is 4.90. The quantitative estimate of drug-likeness (QED) is 0.669. The van der Waals surface area contributed by atoms with Gasteiger partial charge in [-0.25, -0.2) is 4.39 Å². The highest BCUT2D eigenvalue weighted by Crippen LogP contribution is 2.31. The third-order valence-corrected chi connectivity index (χ3v) is 2.93. The summed E-state index contributed by atoms with van der Waals surface area (Å²) in [6.45, 7) is -0.460. The molecule has 1 amide bonds. The van der Waals surface area contributed by atoms with Gasteiger partial charge in [0.15, 0.2) is 0 Å². The van der Waals surface area contributed by atoms with Gasteiger partial charge in [-0.05, 0) is 30.0 Å². The van der Waals surface area contributed by atoms with Crippen LogP contribution in [0.25, 0.3) is 0 Å². The third-order valence-electron chi connectivity index (χ3n) is 2.19. The van der Waals surface area contributed by atoms with E-state index in [1.54, 1.807) is 0 Å². The summed E-state index contributed by atoms with van der Waals surface area (Å²) >= 11 is -0.406. The summed E-state index contributed by atoms with van der Waals surface area (Å²) in [5, 5.41) is 1.92. The lowest BCUT2D eigenvalue weighted by molar-refractivity contribution is -0.137. The average Bonchev–Trinajstić information content (AvgIpc) is 2.32. The monoisotopic (exact) mass is 335 g/mol. The van der Waals surface area contributed by atoms with Gasteiger partial charge in [0.05, 0.1) is 11.1 Å². The molecule has 1 aromatic rings. The minimum atomic E-state index is -4.76. The number of nitrogens with one attached hydrogen (secondary N) is 1. The Labute approximate surface area is 118 Å². The second-order valence-electron chi connectivity index (χ2n) is 3.74. The van der Waals surface area contributed by atoms with Crippen LogP contribution in [0.1, 0.15) is 15.9 Å². The minimum absolute atomic E-state index is 0.307. The molecule has 0 atom stereocenters. The maximum Gasteiger partial charge on any atom is 0.441 e. The molecule has 21 heavy (non-hydrogen) atoms. The van der Waals surface area contributed by atoms with Gasteiger partial charge in [0, 0.05) is 12.3 Å². The Kier molecular flexibility index (Phi) is 5.48. The average molecular weight is 335 g/mol. The first-order valence-corrected chi connectivity index (χ1v) is 6.35. The summed E-state index contributed by atoms with van der Waals surface area (Å²) in [5.41, 5.74) is -6.58. The number of carbonyl (C=O) groups excluding carboxylic acids is 1. The molecule has 0 fully saturated rings. The van der Waals surface area contributed by atoms with E-state index in [2.05, 4.69) is 0 Å². The molecule has 0 aliphatic heterocycles. The zero-order chi connectivity index (χ0) is 16.3. The van der Waals surface area contributed by atoms with E-state index >= 15 is 0 Å². The zero-order valence-electron chi connectivity index (χ0n) is 10.1. The smallest absolute Gasteiger partial charge is 0.351 e. The fraction of sp³-hybridized carbons (Fsp3) is 0.364. The van der Waals surface area contributed by atoms with Gasteiger partial charge in [0.1, 0.15) is 5.82 Å². The Hall–Kier alpha value is -1.45. The lowest BCUT2D eigenvalue weighted by Crippen LogP contribution is -2.27. The van der Waals surface area contributed by atoms with Crippen molar-refractivity contribution in [2.24, 2.45) is 0 Å². The molecule has 1 aromatic carbocycles. The molecular weight excluding hydrogens is 327 g/mol. The Bertz CT molecular complexity index is 512. The predicted octanol–water partition coefficient (Wildman–Crippen LogP) is 3.83. The van der Waals surface area contributed by atoms with Gasteiger partial charge < -0.3 is 5.32 Å². The van der Waals surface area contributed by atoms with E-state index in [0.717, 1.165) is 0 Å². The lowest BCUT2D eigenvalue weighted by atomic mass is 10.1. The molecule has 118 valence electrons. The summed E-state index contributed by atoms with van der Waals surface area (Å²) < 4.78 is 86.0. The van der Waals surface area contributed by atoms with Crippen LogP contribution < -0.4 is 5.32 Å². The highest BCUT2D eigenvalue weighted by Gasteiger charge is 2.32. The fourth-order valence-electron chi connectivity index (χ4n) is 1.30. The van der Waals surface area contributed by atoms with Crippen LogP contribution in [0.3, 0.4) is 0 Å². The van der Waals surface area contributed by atoms with Crippen molar-refractivity contribution in [3.05, 3.63) is 35.1 Å². The Balaban J connectivity index is 2.70. The lowest BCUT2D eigenvalue weighted by Gasteiger charge is -2.10. The number of halogens is 7. The van der Waals surface area contributed by atoms with Crippen molar-refractivity contribution in [1.29, 1.82) is 0 Å². The number of rotatable bonds is 4. The Morgan fingerprint density at radius 2 is 1.76 bits per heavy atom. The minimum Gasteiger partial charge on any atom is -0.351 e. The van der Waals surface area contributed by atoms with Gasteiger partial charge in [0.25, 0.3) is 5.91 Å². The van der Waals surface area contributed by atoms with Crippen molar-refractivity contribution < 1.29 is 35.5 Å². The molecule has 0 radical (unpaired) electrons. The van der Waals surface area contributed by atoms with Crippen LogP contribution >= 0.6 is 11.8 Å². The van der Waals surface area contributed by atoms with Crippen LogP contribution in [-0.4, -0.2) is 23.7 Å². The van der Waals surface area contributed by atoms with E-state index in [9.17, 15) is 35.5 Å². The van der Waals surface area contributed by atoms with E-state index in [1.807, 2.05) is 5.32 Å². The fourth-order valence-corrected chi connectivity index (χ4v) is 1.74. The van der Waals surface area contributed by atoms with Crippen LogP contribution in [0, 0.1) is 5.82 Å². The van der Waals surface area contributed by atoms with Crippen molar-refractivity contribution in [3.8, 4) is 0 Å². The van der Waals surface area contributed by atoms with Crippen molar-refractivity contribution in [2.75, 3.05) is 12.3 Å². The first kappa shape index (κ1) is 17.6. The number of carbonyl (C=O) groups is 1. The topological polar surface area (TPSA) is 29.1 Å². The van der Waals surface area contributed by atoms with Crippen molar-refractivity contribution >= 4 is 17.7 Å². The van der Waals surface area contributed by atoms with Crippen LogP contribution in [0.5, 0.6) is 0 Å². The molecule has 0 aliphatic carbocycles. The van der Waals surface area contributed by atoms with Gasteiger partial charge in [-0.2, -0.15) is 26.3 Å². The SMILES string of the molecule is O=C(NCCSC(F)(F)F)c1cc(C(F)(F)F)ccc1F. The van der Waals surface area contributed by atoms with E-state index in [0.29, 0.717) is 18.2 Å². The first-order chi connectivity index (χ1) is 9.50. The van der Waals surface area contributed by atoms with Gasteiger partial charge in [-0.1, -0.05) is 0 Å². The highest BCUT2D eigenvalue weighted by atomic mass is 32.2. The Morgan fingerprint density at radius 3 is 2.29 bits per heavy atom. The standard InChI is InChI=1S/C11H8F7NOS/c12-8-2-1-6(10(13,14)15)5-7(8)9(20)19-3-4-21-11(16,17)18/h1-2,5H,3-4H2,(H,19,20). The summed E-state index contributed by atoms with van der Waals surface area (Å²) in [7, 11) is 0. The van der Waals surface area contributed by atoms with E-state index in [1.165, 1.54) is 0 Å². The van der Waals surface area contributed by atoms with Gasteiger partial charge in [-0.15, -0.1) is 0 Å². The molecule has 0 bridgehead atoms. The first-order valence-electron chi connectivity index (χ1n) is 5.36. The number of thioether (sulfide) groups is 1. The third kappa shape index (κ3) is 5.82. The molecule has 0 heterocycles. The summed E-state index contributed by atoms with van der Waals surface area (Å²) in [5.74, 6) is -2.93. The number of alkyl halides is 6. The summed E-state index contributed by atoms with van der Waals surface area (Å²) in [6.07, 6.45) is -4.76. The molecule has 1 rings (SSSR count). The predicted molar refractivity (Wildman–Crippen MR) is 62.2 cm³/mol. The maximum absolute atomic E-state index is 13.3. The molecule has 0 aromatic heterocycles. The van der Waals surface area contributed by atoms with Crippen molar-refractivity contribution in [2.45, 2.75) is 11.7 Å². The summed E-state index contributed by atoms with van der Waals surface area (Å²) in [6, 6.07) is 1.25. The van der Waals surface area contributed by atoms with Crippen LogP contribution in [0.2, 0.25) is 0 Å². The number of amides is 1. The van der Waals surface area contributed by atoms with Gasteiger partial charge >= 0.3 is 11.7 Å². The molecule has 0 saturated heterocycles. The molecule has 10 heteroatoms. The molecule has 2 nitrogen and oxygen atoms in total. The molecular formula is C11H8F7NOS. The largest absolute Gasteiger partial charge is 0.441 e. The van der Waals surface area contributed by atoms with Crippen molar-refractivity contribution in [1.82, 2.24) is 5.32 Å². The number of benzene rings is 1. The zero-order valence-corrected chi connectivity index (χ0v) is 10.9. The molecule has 0 saturated carbocycles. The molecule has 0 unspecified atom stereocenters.